The van der Waals surface area contributed by atoms with Crippen LogP contribution < -0.4 is 0 Å². The molecule has 1 aromatic heterocycles. The van der Waals surface area contributed by atoms with Crippen LogP contribution in [0.15, 0.2) is 47.5 Å². The summed E-state index contributed by atoms with van der Waals surface area (Å²) in [5.74, 6) is -0.438. The van der Waals surface area contributed by atoms with E-state index in [1.165, 1.54) is 21.6 Å². The lowest BCUT2D eigenvalue weighted by Gasteiger charge is -2.46. The lowest BCUT2D eigenvalue weighted by Crippen LogP contribution is -2.63. The van der Waals surface area contributed by atoms with E-state index in [2.05, 4.69) is 33.9 Å². The number of nitrogens with zero attached hydrogens (tertiary/aromatic N) is 4. The molecule has 3 aliphatic rings. The molecule has 14 heteroatoms. The van der Waals surface area contributed by atoms with Crippen molar-refractivity contribution in [2.75, 3.05) is 13.2 Å². The smallest absolute Gasteiger partial charge is 0.419 e. The highest BCUT2D eigenvalue weighted by atomic mass is 32.2. The van der Waals surface area contributed by atoms with Gasteiger partial charge in [-0.2, -0.15) is 13.5 Å². The molecule has 0 saturated carbocycles. The molecule has 3 aliphatic heterocycles. The minimum absolute atomic E-state index is 0.0125. The molecular formula is C27H36N4O8SSi. The van der Waals surface area contributed by atoms with Crippen molar-refractivity contribution in [1.29, 1.82) is 0 Å². The van der Waals surface area contributed by atoms with E-state index in [1.807, 2.05) is 6.92 Å². The highest BCUT2D eigenvalue weighted by Gasteiger charge is 2.72. The van der Waals surface area contributed by atoms with Crippen molar-refractivity contribution in [3.8, 4) is 0 Å². The molecule has 2 aromatic rings. The van der Waals surface area contributed by atoms with E-state index in [9.17, 15) is 22.8 Å². The Labute approximate surface area is 240 Å². The van der Waals surface area contributed by atoms with Crippen LogP contribution >= 0.6 is 0 Å². The zero-order chi connectivity index (χ0) is 30.1. The van der Waals surface area contributed by atoms with Gasteiger partial charge in [0.15, 0.2) is 20.1 Å². The van der Waals surface area contributed by atoms with Crippen molar-refractivity contribution in [1.82, 2.24) is 19.4 Å². The first-order valence-electron chi connectivity index (χ1n) is 13.5. The lowest BCUT2D eigenvalue weighted by molar-refractivity contribution is -0.144. The summed E-state index contributed by atoms with van der Waals surface area (Å²) in [6.07, 6.45) is -1.12. The van der Waals surface area contributed by atoms with E-state index in [-0.39, 0.29) is 35.2 Å². The van der Waals surface area contributed by atoms with Crippen LogP contribution in [0.2, 0.25) is 18.1 Å². The maximum absolute atomic E-state index is 14.1. The first kappa shape index (κ1) is 29.3. The number of rotatable bonds is 6. The number of hydroxylamine groups is 2. The Bertz CT molecular complexity index is 1500. The number of benzene rings is 1. The predicted molar refractivity (Wildman–Crippen MR) is 149 cm³/mol. The molecule has 4 heterocycles. The molecule has 0 unspecified atom stereocenters. The minimum atomic E-state index is -4.56. The second kappa shape index (κ2) is 9.68. The highest BCUT2D eigenvalue weighted by molar-refractivity contribution is 7.86. The number of carbonyl (C=O) groups is 3. The number of ether oxygens (including phenoxy) is 1. The van der Waals surface area contributed by atoms with Gasteiger partial charge in [-0.3, -0.25) is 4.79 Å². The Hall–Kier alpha value is -3.20. The maximum Gasteiger partial charge on any atom is 0.419 e. The largest absolute Gasteiger partial charge is 0.449 e. The summed E-state index contributed by atoms with van der Waals surface area (Å²) >= 11 is 0. The Morgan fingerprint density at radius 3 is 2.39 bits per heavy atom. The third-order valence-electron chi connectivity index (χ3n) is 8.49. The van der Waals surface area contributed by atoms with Gasteiger partial charge >= 0.3 is 22.2 Å². The van der Waals surface area contributed by atoms with Crippen molar-refractivity contribution < 1.29 is 36.2 Å². The molecule has 1 aromatic carbocycles. The van der Waals surface area contributed by atoms with Gasteiger partial charge in [0.2, 0.25) is 0 Å². The van der Waals surface area contributed by atoms with Crippen molar-refractivity contribution in [2.24, 2.45) is 0 Å². The van der Waals surface area contributed by atoms with E-state index in [4.69, 9.17) is 13.4 Å². The fourth-order valence-electron chi connectivity index (χ4n) is 5.51. The van der Waals surface area contributed by atoms with Gasteiger partial charge in [0.05, 0.1) is 17.6 Å². The monoisotopic (exact) mass is 604 g/mol. The van der Waals surface area contributed by atoms with Gasteiger partial charge in [-0.1, -0.05) is 38.5 Å². The molecule has 222 valence electrons. The molecule has 12 nitrogen and oxygen atoms in total. The molecule has 5 rings (SSSR count). The molecular weight excluding hydrogens is 568 g/mol. The first-order chi connectivity index (χ1) is 19.0. The summed E-state index contributed by atoms with van der Waals surface area (Å²) in [7, 11) is -6.93. The second-order valence-corrected chi connectivity index (χ2v) is 18.4. The van der Waals surface area contributed by atoms with Crippen LogP contribution in [0.25, 0.3) is 0 Å². The van der Waals surface area contributed by atoms with E-state index < -0.39 is 54.4 Å². The third kappa shape index (κ3) is 4.47. The van der Waals surface area contributed by atoms with Crippen LogP contribution in [0.4, 0.5) is 9.59 Å². The Morgan fingerprint density at radius 2 is 1.78 bits per heavy atom. The van der Waals surface area contributed by atoms with Gasteiger partial charge in [0.25, 0.3) is 5.91 Å². The van der Waals surface area contributed by atoms with E-state index in [0.717, 1.165) is 10.5 Å². The van der Waals surface area contributed by atoms with Gasteiger partial charge in [-0.25, -0.2) is 14.5 Å². The molecule has 3 atom stereocenters. The molecule has 1 spiro atoms. The number of aromatic nitrogens is 1. The average molecular weight is 605 g/mol. The second-order valence-electron chi connectivity index (χ2n) is 12.2. The molecule has 2 saturated heterocycles. The lowest BCUT2D eigenvalue weighted by atomic mass is 10.00. The van der Waals surface area contributed by atoms with Gasteiger partial charge in [-0.15, -0.1) is 4.28 Å². The first-order valence-corrected chi connectivity index (χ1v) is 17.8. The fraction of sp³-hybridized carbons (Fsp3) is 0.519. The summed E-state index contributed by atoms with van der Waals surface area (Å²) in [5.41, 5.74) is -0.652. The molecule has 0 bridgehead atoms. The molecule has 0 aliphatic carbocycles. The number of hydrogen-bond acceptors (Lipinski definition) is 8. The van der Waals surface area contributed by atoms with E-state index in [1.54, 1.807) is 37.4 Å². The zero-order valence-electron chi connectivity index (χ0n) is 24.3. The summed E-state index contributed by atoms with van der Waals surface area (Å²) in [4.78, 5) is 43.3. The van der Waals surface area contributed by atoms with Crippen molar-refractivity contribution in [3.05, 3.63) is 53.9 Å². The number of urea groups is 1. The number of aryl methyl sites for hydroxylation is 1. The van der Waals surface area contributed by atoms with Gasteiger partial charge < -0.3 is 18.6 Å². The summed E-state index contributed by atoms with van der Waals surface area (Å²) in [6.45, 7) is 13.9. The number of hydrogen-bond donors (Lipinski definition) is 0. The van der Waals surface area contributed by atoms with Crippen LogP contribution in [0.3, 0.4) is 0 Å². The van der Waals surface area contributed by atoms with E-state index >= 15 is 0 Å². The minimum Gasteiger partial charge on any atom is -0.449 e. The van der Waals surface area contributed by atoms with Crippen LogP contribution in [0.1, 0.15) is 56.3 Å². The van der Waals surface area contributed by atoms with Crippen LogP contribution in [0.5, 0.6) is 0 Å². The Morgan fingerprint density at radius 1 is 1.12 bits per heavy atom. The molecule has 2 fully saturated rings. The van der Waals surface area contributed by atoms with Gasteiger partial charge in [0, 0.05) is 19.2 Å². The van der Waals surface area contributed by atoms with Crippen LogP contribution in [-0.2, 0) is 23.6 Å². The van der Waals surface area contributed by atoms with Gasteiger partial charge in [0.1, 0.15) is 5.69 Å². The zero-order valence-corrected chi connectivity index (χ0v) is 26.1. The fourth-order valence-corrected chi connectivity index (χ4v) is 7.80. The normalized spacial score (nSPS) is 24.4. The van der Waals surface area contributed by atoms with Crippen molar-refractivity contribution in [3.63, 3.8) is 0 Å². The summed E-state index contributed by atoms with van der Waals surface area (Å²) in [5, 5.41) is 0.509. The number of imide groups is 1. The molecule has 41 heavy (non-hydrogen) atoms. The predicted octanol–water partition coefficient (Wildman–Crippen LogP) is 4.46. The Kier molecular flexibility index (Phi) is 6.92. The summed E-state index contributed by atoms with van der Waals surface area (Å²) in [6, 6.07) is 8.12. The van der Waals surface area contributed by atoms with E-state index in [0.29, 0.717) is 5.06 Å². The van der Waals surface area contributed by atoms with Crippen LogP contribution in [-0.4, -0.2) is 79.1 Å². The number of carbonyl (C=O) groups excluding carboxylic acids is 3. The third-order valence-corrected chi connectivity index (χ3v) is 14.2. The number of fused-ring (bicyclic) bond motifs is 2. The maximum atomic E-state index is 14.1. The molecule has 4 amide bonds. The summed E-state index contributed by atoms with van der Waals surface area (Å²) < 4.78 is 46.1. The standard InChI is InChI=1S/C27H36N4O8SSi/c1-8-37-25(34)30-23-27(31(24(30)33)39-40(35,36)20-13-11-18(2)12-14-20)16-19(38-41(6,7)26(3,4)5)17-29(27)22(32)21-10-9-15-28(21)23/h9-15,19,23H,8,16-17H2,1-7H3/t19-,23-,27+/m1/s1. The van der Waals surface area contributed by atoms with Crippen LogP contribution in [0, 0.1) is 6.92 Å². The highest BCUT2D eigenvalue weighted by Crippen LogP contribution is 2.54. The SMILES string of the molecule is CCOC(=O)N1C(=O)N(OS(=O)(=O)c2ccc(C)cc2)[C@]23C[C@@H](O[Si](C)(C)C(C)(C)C)CN2C(=O)c2cccn2[C@H]13. The Balaban J connectivity index is 1.67. The average Bonchev–Trinajstić information content (AvgIpc) is 3.55. The molecule has 0 radical (unpaired) electrons. The number of amides is 4. The van der Waals surface area contributed by atoms with Gasteiger partial charge in [-0.05, 0) is 56.2 Å². The van der Waals surface area contributed by atoms with Crippen molar-refractivity contribution >= 4 is 36.5 Å². The molecule has 0 N–H and O–H groups in total. The van der Waals surface area contributed by atoms with Crippen molar-refractivity contribution in [2.45, 2.75) is 82.0 Å². The quantitative estimate of drug-likeness (QED) is 0.443. The topological polar surface area (TPSA) is 128 Å².